The zero-order valence-corrected chi connectivity index (χ0v) is 18.6. The molecule has 0 fully saturated rings. The van der Waals surface area contributed by atoms with Crippen LogP contribution >= 0.6 is 0 Å². The lowest BCUT2D eigenvalue weighted by Crippen LogP contribution is -2.25. The molecule has 0 aliphatic rings. The van der Waals surface area contributed by atoms with Gasteiger partial charge in [-0.1, -0.05) is 97.1 Å². The Kier molecular flexibility index (Phi) is 5.47. The molecule has 5 rings (SSSR count). The summed E-state index contributed by atoms with van der Waals surface area (Å²) in [4.78, 5) is 2.39. The highest BCUT2D eigenvalue weighted by Crippen LogP contribution is 2.34. The Morgan fingerprint density at radius 2 is 1.00 bits per heavy atom. The lowest BCUT2D eigenvalue weighted by molar-refractivity contribution is 0.789. The Bertz CT molecular complexity index is 1310. The third-order valence-electron chi connectivity index (χ3n) is 6.02. The molecular weight excluding hydrogens is 386 g/mol. The van der Waals surface area contributed by atoms with Crippen LogP contribution in [-0.4, -0.2) is 6.04 Å². The van der Waals surface area contributed by atoms with E-state index in [1.54, 1.807) is 0 Å². The van der Waals surface area contributed by atoms with E-state index in [1.165, 1.54) is 44.4 Å². The molecular formula is C31H27N. The molecule has 0 aliphatic heterocycles. The van der Waals surface area contributed by atoms with Crippen molar-refractivity contribution in [3.8, 4) is 22.3 Å². The molecule has 5 aromatic rings. The summed E-state index contributed by atoms with van der Waals surface area (Å²) in [6.45, 7) is 4.48. The Morgan fingerprint density at radius 1 is 0.469 bits per heavy atom. The third kappa shape index (κ3) is 3.90. The van der Waals surface area contributed by atoms with Crippen LogP contribution in [-0.2, 0) is 0 Å². The van der Waals surface area contributed by atoms with Gasteiger partial charge >= 0.3 is 0 Å². The predicted molar refractivity (Wildman–Crippen MR) is 139 cm³/mol. The molecule has 0 aromatic heterocycles. The van der Waals surface area contributed by atoms with Crippen LogP contribution in [0.25, 0.3) is 33.0 Å². The van der Waals surface area contributed by atoms with E-state index in [-0.39, 0.29) is 0 Å². The molecule has 1 nitrogen and oxygen atoms in total. The number of hydrogen-bond acceptors (Lipinski definition) is 1. The second-order valence-corrected chi connectivity index (χ2v) is 8.45. The maximum absolute atomic E-state index is 2.39. The molecule has 0 atom stereocenters. The first-order valence-corrected chi connectivity index (χ1v) is 11.2. The van der Waals surface area contributed by atoms with Gasteiger partial charge in [0.15, 0.2) is 0 Å². The van der Waals surface area contributed by atoms with Gasteiger partial charge in [-0.3, -0.25) is 0 Å². The highest BCUT2D eigenvalue weighted by atomic mass is 15.2. The van der Waals surface area contributed by atoms with E-state index in [1.807, 2.05) is 0 Å². The third-order valence-corrected chi connectivity index (χ3v) is 6.02. The van der Waals surface area contributed by atoms with Crippen molar-refractivity contribution < 1.29 is 0 Å². The van der Waals surface area contributed by atoms with Gasteiger partial charge in [-0.15, -0.1) is 0 Å². The van der Waals surface area contributed by atoms with Crippen LogP contribution in [0.1, 0.15) is 13.8 Å². The van der Waals surface area contributed by atoms with Crippen LogP contribution in [0.2, 0.25) is 0 Å². The van der Waals surface area contributed by atoms with Crippen LogP contribution in [0.3, 0.4) is 0 Å². The molecule has 0 unspecified atom stereocenters. The van der Waals surface area contributed by atoms with Crippen molar-refractivity contribution in [3.63, 3.8) is 0 Å². The SMILES string of the molecule is CC(C)N(c1ccc(-c2ccccc2)cc1)c1ccc(-c2cccc3ccccc23)cc1. The first-order valence-electron chi connectivity index (χ1n) is 11.2. The quantitative estimate of drug-likeness (QED) is 0.278. The van der Waals surface area contributed by atoms with Gasteiger partial charge in [0.25, 0.3) is 0 Å². The molecule has 0 aliphatic carbocycles. The van der Waals surface area contributed by atoms with E-state index in [9.17, 15) is 0 Å². The second kappa shape index (κ2) is 8.72. The molecule has 0 bridgehead atoms. The summed E-state index contributed by atoms with van der Waals surface area (Å²) >= 11 is 0. The van der Waals surface area contributed by atoms with Gasteiger partial charge in [0.05, 0.1) is 0 Å². The molecule has 0 saturated carbocycles. The Morgan fingerprint density at radius 3 is 1.66 bits per heavy atom. The van der Waals surface area contributed by atoms with Crippen LogP contribution in [0.15, 0.2) is 121 Å². The van der Waals surface area contributed by atoms with Gasteiger partial charge in [0, 0.05) is 17.4 Å². The van der Waals surface area contributed by atoms with Gasteiger partial charge in [-0.2, -0.15) is 0 Å². The summed E-state index contributed by atoms with van der Waals surface area (Å²) in [5.74, 6) is 0. The van der Waals surface area contributed by atoms with E-state index in [4.69, 9.17) is 0 Å². The Hall–Kier alpha value is -3.84. The molecule has 0 spiro atoms. The lowest BCUT2D eigenvalue weighted by Gasteiger charge is -2.29. The van der Waals surface area contributed by atoms with E-state index >= 15 is 0 Å². The zero-order valence-electron chi connectivity index (χ0n) is 18.6. The fraction of sp³-hybridized carbons (Fsp3) is 0.0968. The summed E-state index contributed by atoms with van der Waals surface area (Å²) < 4.78 is 0. The minimum atomic E-state index is 0.348. The zero-order chi connectivity index (χ0) is 21.9. The fourth-order valence-corrected chi connectivity index (χ4v) is 4.47. The van der Waals surface area contributed by atoms with Crippen molar-refractivity contribution in [2.24, 2.45) is 0 Å². The van der Waals surface area contributed by atoms with Crippen LogP contribution in [0, 0.1) is 0 Å². The maximum Gasteiger partial charge on any atom is 0.0413 e. The van der Waals surface area contributed by atoms with Gasteiger partial charge < -0.3 is 4.90 Å². The number of benzene rings is 5. The Labute approximate surface area is 190 Å². The highest BCUT2D eigenvalue weighted by molar-refractivity contribution is 5.96. The van der Waals surface area contributed by atoms with Crippen LogP contribution in [0.5, 0.6) is 0 Å². The molecule has 0 N–H and O–H groups in total. The van der Waals surface area contributed by atoms with Crippen molar-refractivity contribution in [2.75, 3.05) is 4.90 Å². The summed E-state index contributed by atoms with van der Waals surface area (Å²) in [6, 6.07) is 43.8. The standard InChI is InChI=1S/C31H27N/c1-23(2)32(28-19-15-25(16-20-28)24-9-4-3-5-10-24)29-21-17-27(18-22-29)31-14-8-12-26-11-6-7-13-30(26)31/h3-23H,1-2H3. The molecule has 1 heteroatoms. The average molecular weight is 414 g/mol. The van der Waals surface area contributed by atoms with Crippen molar-refractivity contribution in [3.05, 3.63) is 121 Å². The summed E-state index contributed by atoms with van der Waals surface area (Å²) in [5, 5.41) is 2.57. The monoisotopic (exact) mass is 413 g/mol. The van der Waals surface area contributed by atoms with Crippen LogP contribution in [0.4, 0.5) is 11.4 Å². The van der Waals surface area contributed by atoms with Gasteiger partial charge in [-0.05, 0) is 71.1 Å². The van der Waals surface area contributed by atoms with Gasteiger partial charge in [0.1, 0.15) is 0 Å². The van der Waals surface area contributed by atoms with E-state index in [0.29, 0.717) is 6.04 Å². The topological polar surface area (TPSA) is 3.24 Å². The van der Waals surface area contributed by atoms with Gasteiger partial charge in [-0.25, -0.2) is 0 Å². The smallest absolute Gasteiger partial charge is 0.0413 e. The first kappa shape index (κ1) is 20.1. The molecule has 0 amide bonds. The molecule has 5 aromatic carbocycles. The first-order chi connectivity index (χ1) is 15.7. The summed E-state index contributed by atoms with van der Waals surface area (Å²) in [5.41, 5.74) is 7.42. The lowest BCUT2D eigenvalue weighted by atomic mass is 9.98. The van der Waals surface area contributed by atoms with Crippen molar-refractivity contribution in [1.29, 1.82) is 0 Å². The van der Waals surface area contributed by atoms with Crippen molar-refractivity contribution in [2.45, 2.75) is 19.9 Å². The average Bonchev–Trinajstić information content (AvgIpc) is 2.85. The minimum Gasteiger partial charge on any atom is -0.339 e. The minimum absolute atomic E-state index is 0.348. The number of rotatable bonds is 5. The van der Waals surface area contributed by atoms with Gasteiger partial charge in [0.2, 0.25) is 0 Å². The Balaban J connectivity index is 1.47. The summed E-state index contributed by atoms with van der Waals surface area (Å²) in [7, 11) is 0. The summed E-state index contributed by atoms with van der Waals surface area (Å²) in [6.07, 6.45) is 0. The van der Waals surface area contributed by atoms with Crippen molar-refractivity contribution in [1.82, 2.24) is 0 Å². The fourth-order valence-electron chi connectivity index (χ4n) is 4.47. The number of nitrogens with zero attached hydrogens (tertiary/aromatic N) is 1. The van der Waals surface area contributed by atoms with E-state index in [2.05, 4.69) is 140 Å². The van der Waals surface area contributed by atoms with Crippen LogP contribution < -0.4 is 4.90 Å². The van der Waals surface area contributed by atoms with Crippen molar-refractivity contribution >= 4 is 22.1 Å². The van der Waals surface area contributed by atoms with E-state index in [0.717, 1.165) is 0 Å². The molecule has 156 valence electrons. The molecule has 32 heavy (non-hydrogen) atoms. The maximum atomic E-state index is 2.39. The number of fused-ring (bicyclic) bond motifs is 1. The molecule has 0 heterocycles. The molecule has 0 saturated heterocycles. The molecule has 0 radical (unpaired) electrons. The normalized spacial score (nSPS) is 11.1. The number of anilines is 2. The number of hydrogen-bond donors (Lipinski definition) is 0. The largest absolute Gasteiger partial charge is 0.339 e. The highest BCUT2D eigenvalue weighted by Gasteiger charge is 2.14. The second-order valence-electron chi connectivity index (χ2n) is 8.45. The predicted octanol–water partition coefficient (Wildman–Crippen LogP) is 8.72. The van der Waals surface area contributed by atoms with E-state index < -0.39 is 0 Å².